The summed E-state index contributed by atoms with van der Waals surface area (Å²) < 4.78 is 0. The number of hydrogen-bond donors (Lipinski definition) is 1. The number of carbonyl (C=O) groups is 2. The number of carbonyl (C=O) groups excluding carboxylic acids is 2. The number of hydrogen-bond acceptors (Lipinski definition) is 3. The predicted molar refractivity (Wildman–Crippen MR) is 110 cm³/mol. The maximum absolute atomic E-state index is 12.9. The van der Waals surface area contributed by atoms with E-state index in [0.29, 0.717) is 18.0 Å². The van der Waals surface area contributed by atoms with E-state index in [1.165, 1.54) is 4.88 Å². The van der Waals surface area contributed by atoms with Crippen molar-refractivity contribution in [3.05, 3.63) is 57.8 Å². The minimum Gasteiger partial charge on any atom is -0.348 e. The molecule has 27 heavy (non-hydrogen) atoms. The molecule has 2 amide bonds. The Labute approximate surface area is 165 Å². The van der Waals surface area contributed by atoms with Crippen molar-refractivity contribution in [3.8, 4) is 0 Å². The third-order valence-electron chi connectivity index (χ3n) is 5.19. The van der Waals surface area contributed by atoms with Crippen molar-refractivity contribution in [1.82, 2.24) is 10.2 Å². The quantitative estimate of drug-likeness (QED) is 0.829. The van der Waals surface area contributed by atoms with Gasteiger partial charge in [-0.25, -0.2) is 0 Å². The highest BCUT2D eigenvalue weighted by atomic mass is 32.1. The van der Waals surface area contributed by atoms with Crippen molar-refractivity contribution in [1.29, 1.82) is 0 Å². The molecule has 1 fully saturated rings. The van der Waals surface area contributed by atoms with E-state index < -0.39 is 0 Å². The lowest BCUT2D eigenvalue weighted by molar-refractivity contribution is -0.127. The highest BCUT2D eigenvalue weighted by molar-refractivity contribution is 7.10. The van der Waals surface area contributed by atoms with E-state index in [9.17, 15) is 9.59 Å². The molecule has 1 aromatic heterocycles. The molecule has 2 heterocycles. The topological polar surface area (TPSA) is 49.4 Å². The summed E-state index contributed by atoms with van der Waals surface area (Å²) in [5, 5.41) is 5.27. The summed E-state index contributed by atoms with van der Waals surface area (Å²) in [6.45, 7) is 7.47. The molecule has 2 aromatic rings. The molecule has 1 saturated heterocycles. The normalized spacial score (nSPS) is 18.4. The minimum atomic E-state index is -0.144. The summed E-state index contributed by atoms with van der Waals surface area (Å²) in [4.78, 5) is 28.7. The Morgan fingerprint density at radius 2 is 1.93 bits per heavy atom. The highest BCUT2D eigenvalue weighted by Gasteiger charge is 2.31. The van der Waals surface area contributed by atoms with Crippen LogP contribution in [0.3, 0.4) is 0 Å². The predicted octanol–water partition coefficient (Wildman–Crippen LogP) is 4.42. The van der Waals surface area contributed by atoms with Gasteiger partial charge in [0, 0.05) is 23.5 Å². The molecule has 1 aromatic carbocycles. The molecule has 0 radical (unpaired) electrons. The third-order valence-corrected chi connectivity index (χ3v) is 6.15. The van der Waals surface area contributed by atoms with Crippen LogP contribution in [0.2, 0.25) is 0 Å². The second kappa shape index (κ2) is 8.70. The lowest BCUT2D eigenvalue weighted by Crippen LogP contribution is -2.46. The zero-order valence-electron chi connectivity index (χ0n) is 16.3. The van der Waals surface area contributed by atoms with Crippen LogP contribution in [0.15, 0.2) is 41.8 Å². The zero-order valence-corrected chi connectivity index (χ0v) is 17.1. The largest absolute Gasteiger partial charge is 0.348 e. The van der Waals surface area contributed by atoms with E-state index in [1.54, 1.807) is 11.3 Å². The first-order valence-electron chi connectivity index (χ1n) is 9.65. The molecule has 144 valence electrons. The van der Waals surface area contributed by atoms with Gasteiger partial charge >= 0.3 is 0 Å². The number of nitrogens with one attached hydrogen (secondary N) is 1. The second-order valence-electron chi connectivity index (χ2n) is 7.70. The Morgan fingerprint density at radius 3 is 2.56 bits per heavy atom. The maximum atomic E-state index is 12.9. The number of rotatable bonds is 5. The second-order valence-corrected chi connectivity index (χ2v) is 8.68. The Balaban J connectivity index is 1.65. The van der Waals surface area contributed by atoms with E-state index >= 15 is 0 Å². The number of amides is 2. The van der Waals surface area contributed by atoms with E-state index in [-0.39, 0.29) is 23.8 Å². The summed E-state index contributed by atoms with van der Waals surface area (Å²) in [5.41, 5.74) is 1.83. The molecule has 1 N–H and O–H groups in total. The number of benzene rings is 1. The molecular formula is C22H28N2O2S. The molecule has 1 aliphatic heterocycles. The van der Waals surface area contributed by atoms with Crippen molar-refractivity contribution in [2.75, 3.05) is 13.1 Å². The number of likely N-dealkylation sites (tertiary alicyclic amines) is 1. The molecule has 4 nitrogen and oxygen atoms in total. The average molecular weight is 385 g/mol. The monoisotopic (exact) mass is 384 g/mol. The fraction of sp³-hybridized carbons (Fsp3) is 0.455. The van der Waals surface area contributed by atoms with Crippen LogP contribution in [0.25, 0.3) is 0 Å². The Hall–Kier alpha value is -2.14. The summed E-state index contributed by atoms with van der Waals surface area (Å²) in [6, 6.07) is 11.8. The summed E-state index contributed by atoms with van der Waals surface area (Å²) in [6.07, 6.45) is 1.69. The summed E-state index contributed by atoms with van der Waals surface area (Å²) in [7, 11) is 0. The molecule has 0 aliphatic carbocycles. The van der Waals surface area contributed by atoms with Crippen LogP contribution in [0.5, 0.6) is 0 Å². The first-order chi connectivity index (χ1) is 13.0. The average Bonchev–Trinajstić information content (AvgIpc) is 3.20. The van der Waals surface area contributed by atoms with Gasteiger partial charge in [0.1, 0.15) is 0 Å². The van der Waals surface area contributed by atoms with Crippen molar-refractivity contribution >= 4 is 23.2 Å². The number of thiophene rings is 1. The van der Waals surface area contributed by atoms with E-state index in [2.05, 4.69) is 25.2 Å². The standard InChI is InChI=1S/C22H28N2O2S/c1-15(2)20(19-7-5-13-27-19)23-21(25)18-6-4-12-24(14-18)22(26)17-10-8-16(3)9-11-17/h5,7-11,13,15,18,20H,4,6,12,14H2,1-3H3,(H,23,25). The minimum absolute atomic E-state index is 0.0196. The van der Waals surface area contributed by atoms with Gasteiger partial charge in [0.05, 0.1) is 12.0 Å². The maximum Gasteiger partial charge on any atom is 0.253 e. The lowest BCUT2D eigenvalue weighted by Gasteiger charge is -2.33. The Morgan fingerprint density at radius 1 is 1.19 bits per heavy atom. The van der Waals surface area contributed by atoms with Crippen LogP contribution in [0, 0.1) is 18.8 Å². The van der Waals surface area contributed by atoms with Crippen molar-refractivity contribution in [2.24, 2.45) is 11.8 Å². The van der Waals surface area contributed by atoms with Gasteiger partial charge < -0.3 is 10.2 Å². The van der Waals surface area contributed by atoms with E-state index in [4.69, 9.17) is 0 Å². The van der Waals surface area contributed by atoms with Crippen molar-refractivity contribution in [2.45, 2.75) is 39.7 Å². The van der Waals surface area contributed by atoms with Crippen LogP contribution in [-0.4, -0.2) is 29.8 Å². The van der Waals surface area contributed by atoms with Crippen LogP contribution in [0.1, 0.15) is 53.5 Å². The van der Waals surface area contributed by atoms with Gasteiger partial charge in [-0.2, -0.15) is 0 Å². The van der Waals surface area contributed by atoms with Gasteiger partial charge in [0.15, 0.2) is 0 Å². The van der Waals surface area contributed by atoms with Crippen LogP contribution in [-0.2, 0) is 4.79 Å². The van der Waals surface area contributed by atoms with Crippen LogP contribution >= 0.6 is 11.3 Å². The Kier molecular flexibility index (Phi) is 6.32. The molecule has 3 rings (SSSR count). The van der Waals surface area contributed by atoms with Gasteiger partial charge in [-0.3, -0.25) is 9.59 Å². The fourth-order valence-corrected chi connectivity index (χ4v) is 4.51. The first-order valence-corrected chi connectivity index (χ1v) is 10.5. The lowest BCUT2D eigenvalue weighted by atomic mass is 9.94. The smallest absolute Gasteiger partial charge is 0.253 e. The van der Waals surface area contributed by atoms with Gasteiger partial charge in [-0.1, -0.05) is 37.6 Å². The van der Waals surface area contributed by atoms with Crippen molar-refractivity contribution in [3.63, 3.8) is 0 Å². The molecule has 2 atom stereocenters. The van der Waals surface area contributed by atoms with Gasteiger partial charge in [0.2, 0.25) is 5.91 Å². The van der Waals surface area contributed by atoms with E-state index in [0.717, 1.165) is 24.9 Å². The molecule has 0 spiro atoms. The third kappa shape index (κ3) is 4.78. The van der Waals surface area contributed by atoms with Crippen molar-refractivity contribution < 1.29 is 9.59 Å². The van der Waals surface area contributed by atoms with Gasteiger partial charge in [-0.05, 0) is 49.3 Å². The summed E-state index contributed by atoms with van der Waals surface area (Å²) >= 11 is 1.67. The fourth-order valence-electron chi connectivity index (χ4n) is 3.56. The number of nitrogens with zero attached hydrogens (tertiary/aromatic N) is 1. The highest BCUT2D eigenvalue weighted by Crippen LogP contribution is 2.27. The van der Waals surface area contributed by atoms with Crippen LogP contribution in [0.4, 0.5) is 0 Å². The molecule has 1 aliphatic rings. The molecule has 2 unspecified atom stereocenters. The zero-order chi connectivity index (χ0) is 19.4. The van der Waals surface area contributed by atoms with Crippen LogP contribution < -0.4 is 5.32 Å². The Bertz CT molecular complexity index is 768. The van der Waals surface area contributed by atoms with Gasteiger partial charge in [0.25, 0.3) is 5.91 Å². The molecular weight excluding hydrogens is 356 g/mol. The SMILES string of the molecule is Cc1ccc(C(=O)N2CCCC(C(=O)NC(c3cccs3)C(C)C)C2)cc1. The number of piperidine rings is 1. The first kappa shape index (κ1) is 19.6. The summed E-state index contributed by atoms with van der Waals surface area (Å²) in [5.74, 6) is 0.255. The van der Waals surface area contributed by atoms with E-state index in [1.807, 2.05) is 47.5 Å². The number of aryl methyl sites for hydroxylation is 1. The molecule has 5 heteroatoms. The molecule has 0 saturated carbocycles. The molecule has 0 bridgehead atoms. The van der Waals surface area contributed by atoms with Gasteiger partial charge in [-0.15, -0.1) is 11.3 Å².